The third kappa shape index (κ3) is 4.33. The first-order valence-electron chi connectivity index (χ1n) is 5.77. The third-order valence-electron chi connectivity index (χ3n) is 2.38. The van der Waals surface area contributed by atoms with Gasteiger partial charge in [0.1, 0.15) is 16.7 Å². The molecule has 0 aliphatic heterocycles. The van der Waals surface area contributed by atoms with Crippen molar-refractivity contribution in [3.05, 3.63) is 29.3 Å². The van der Waals surface area contributed by atoms with Crippen LogP contribution in [0.1, 0.15) is 31.9 Å². The van der Waals surface area contributed by atoms with Crippen molar-refractivity contribution in [1.82, 2.24) is 0 Å². The van der Waals surface area contributed by atoms with E-state index in [0.717, 1.165) is 12.3 Å². The Balaban J connectivity index is 3.21. The van der Waals surface area contributed by atoms with Gasteiger partial charge in [0.05, 0.1) is 17.4 Å². The van der Waals surface area contributed by atoms with Crippen molar-refractivity contribution in [1.29, 1.82) is 0 Å². The first-order valence-corrected chi connectivity index (χ1v) is 6.87. The lowest BCUT2D eigenvalue weighted by molar-refractivity contribution is -0.137. The Morgan fingerprint density at radius 1 is 1.25 bits per heavy atom. The van der Waals surface area contributed by atoms with E-state index >= 15 is 0 Å². The number of ether oxygens (including phenoxy) is 1. The van der Waals surface area contributed by atoms with Crippen molar-refractivity contribution < 1.29 is 22.1 Å². The predicted molar refractivity (Wildman–Crippen MR) is 73.5 cm³/mol. The second-order valence-electron chi connectivity index (χ2n) is 5.05. The van der Waals surface area contributed by atoms with Crippen LogP contribution in [0.4, 0.5) is 13.2 Å². The Kier molecular flexibility index (Phi) is 4.96. The van der Waals surface area contributed by atoms with Gasteiger partial charge in [0.2, 0.25) is 0 Å². The lowest BCUT2D eigenvalue weighted by Crippen LogP contribution is -2.20. The molecule has 0 aromatic heterocycles. The summed E-state index contributed by atoms with van der Waals surface area (Å²) in [6.45, 7) is 5.07. The van der Waals surface area contributed by atoms with Crippen LogP contribution in [0.2, 0.25) is 0 Å². The van der Waals surface area contributed by atoms with E-state index in [1.807, 2.05) is 0 Å². The fourth-order valence-electron chi connectivity index (χ4n) is 1.30. The van der Waals surface area contributed by atoms with E-state index in [1.54, 1.807) is 20.8 Å². The van der Waals surface area contributed by atoms with Crippen LogP contribution in [0.25, 0.3) is 0 Å². The van der Waals surface area contributed by atoms with E-state index in [2.05, 4.69) is 4.40 Å². The van der Waals surface area contributed by atoms with Gasteiger partial charge in [-0.15, -0.1) is 0 Å². The molecule has 0 bridgehead atoms. The zero-order chi connectivity index (χ0) is 15.6. The van der Waals surface area contributed by atoms with Crippen LogP contribution in [-0.2, 0) is 17.2 Å². The highest BCUT2D eigenvalue weighted by Crippen LogP contribution is 2.33. The molecule has 3 nitrogen and oxygen atoms in total. The van der Waals surface area contributed by atoms with E-state index in [0.29, 0.717) is 0 Å². The number of hydrogen-bond donors (Lipinski definition) is 0. The maximum absolute atomic E-state index is 12.9. The Morgan fingerprint density at radius 2 is 1.85 bits per heavy atom. The molecule has 1 aromatic rings. The smallest absolute Gasteiger partial charge is 0.417 e. The number of alkyl halides is 3. The summed E-state index contributed by atoms with van der Waals surface area (Å²) in [5.41, 5.74) is -1.01. The SMILES string of the molecule is COc1ccc(C(F)(F)F)c(C=N[S@](=O)C(C)(C)C)c1. The highest BCUT2D eigenvalue weighted by atomic mass is 32.2. The minimum absolute atomic E-state index is 0.172. The molecule has 0 fully saturated rings. The molecule has 0 radical (unpaired) electrons. The topological polar surface area (TPSA) is 38.7 Å². The second kappa shape index (κ2) is 5.95. The summed E-state index contributed by atoms with van der Waals surface area (Å²) in [6.07, 6.45) is -3.52. The standard InChI is InChI=1S/C13H16F3NO2S/c1-12(2,3)20(18)17-8-9-7-10(19-4)5-6-11(9)13(14,15)16/h5-8H,1-4H3/t20-/m1/s1. The summed E-state index contributed by atoms with van der Waals surface area (Å²) in [5.74, 6) is 0.279. The molecule has 0 aliphatic rings. The third-order valence-corrected chi connectivity index (χ3v) is 3.72. The van der Waals surface area contributed by atoms with Crippen LogP contribution >= 0.6 is 0 Å². The Bertz CT molecular complexity index is 533. The lowest BCUT2D eigenvalue weighted by atomic mass is 10.1. The zero-order valence-electron chi connectivity index (χ0n) is 11.6. The molecular formula is C13H16F3NO2S. The molecule has 0 N–H and O–H groups in total. The summed E-state index contributed by atoms with van der Waals surface area (Å²) < 4.78 is 58.3. The number of rotatable bonds is 3. The summed E-state index contributed by atoms with van der Waals surface area (Å²) in [5, 5.41) is 0. The van der Waals surface area contributed by atoms with Gasteiger partial charge in [0.15, 0.2) is 0 Å². The van der Waals surface area contributed by atoms with E-state index in [9.17, 15) is 17.4 Å². The molecule has 0 spiro atoms. The Hall–Kier alpha value is -1.37. The van der Waals surface area contributed by atoms with Gasteiger partial charge < -0.3 is 4.74 Å². The van der Waals surface area contributed by atoms with Gasteiger partial charge in [-0.3, -0.25) is 0 Å². The molecule has 0 heterocycles. The molecule has 1 aromatic carbocycles. The molecule has 7 heteroatoms. The van der Waals surface area contributed by atoms with Crippen molar-refractivity contribution in [3.8, 4) is 5.75 Å². The van der Waals surface area contributed by atoms with Gasteiger partial charge in [-0.25, -0.2) is 4.21 Å². The van der Waals surface area contributed by atoms with Crippen molar-refractivity contribution >= 4 is 17.2 Å². The highest BCUT2D eigenvalue weighted by molar-refractivity contribution is 7.85. The van der Waals surface area contributed by atoms with Gasteiger partial charge in [-0.05, 0) is 39.0 Å². The first-order chi connectivity index (χ1) is 9.05. The number of nitrogens with zero attached hydrogens (tertiary/aromatic N) is 1. The number of benzene rings is 1. The summed E-state index contributed by atoms with van der Waals surface area (Å²) in [6, 6.07) is 3.35. The predicted octanol–water partition coefficient (Wildman–Crippen LogP) is 3.60. The Labute approximate surface area is 118 Å². The second-order valence-corrected chi connectivity index (χ2v) is 6.98. The largest absolute Gasteiger partial charge is 0.497 e. The fraction of sp³-hybridized carbons (Fsp3) is 0.462. The average Bonchev–Trinajstić information content (AvgIpc) is 2.33. The van der Waals surface area contributed by atoms with Gasteiger partial charge in [0, 0.05) is 11.8 Å². The van der Waals surface area contributed by atoms with Crippen LogP contribution in [0.5, 0.6) is 5.75 Å². The Morgan fingerprint density at radius 3 is 2.30 bits per heavy atom. The molecule has 0 aliphatic carbocycles. The molecule has 0 amide bonds. The summed E-state index contributed by atoms with van der Waals surface area (Å²) in [7, 11) is -0.262. The van der Waals surface area contributed by atoms with Crippen LogP contribution in [0, 0.1) is 0 Å². The van der Waals surface area contributed by atoms with Crippen LogP contribution in [0.3, 0.4) is 0 Å². The molecule has 0 saturated carbocycles. The molecule has 1 atom stereocenters. The minimum Gasteiger partial charge on any atom is -0.497 e. The average molecular weight is 307 g/mol. The van der Waals surface area contributed by atoms with Gasteiger partial charge in [0.25, 0.3) is 0 Å². The van der Waals surface area contributed by atoms with Crippen LogP contribution in [-0.4, -0.2) is 22.3 Å². The van der Waals surface area contributed by atoms with Gasteiger partial charge in [-0.2, -0.15) is 17.6 Å². The van der Waals surface area contributed by atoms with Crippen molar-refractivity contribution in [2.24, 2.45) is 4.40 Å². The van der Waals surface area contributed by atoms with E-state index in [-0.39, 0.29) is 11.3 Å². The van der Waals surface area contributed by atoms with E-state index < -0.39 is 27.5 Å². The van der Waals surface area contributed by atoms with Crippen LogP contribution in [0.15, 0.2) is 22.6 Å². The fourth-order valence-corrected chi connectivity index (χ4v) is 1.82. The normalized spacial score (nSPS) is 14.6. The molecule has 112 valence electrons. The summed E-state index contributed by atoms with van der Waals surface area (Å²) >= 11 is 0. The number of methoxy groups -OCH3 is 1. The molecular weight excluding hydrogens is 291 g/mol. The highest BCUT2D eigenvalue weighted by Gasteiger charge is 2.33. The maximum Gasteiger partial charge on any atom is 0.417 e. The molecule has 0 unspecified atom stereocenters. The van der Waals surface area contributed by atoms with Crippen LogP contribution < -0.4 is 4.74 Å². The number of hydrogen-bond acceptors (Lipinski definition) is 2. The maximum atomic E-state index is 12.9. The monoisotopic (exact) mass is 307 g/mol. The van der Waals surface area contributed by atoms with Crippen molar-refractivity contribution in [2.75, 3.05) is 7.11 Å². The lowest BCUT2D eigenvalue weighted by Gasteiger charge is -2.14. The minimum atomic E-state index is -4.50. The quantitative estimate of drug-likeness (QED) is 0.800. The van der Waals surface area contributed by atoms with Crippen molar-refractivity contribution in [2.45, 2.75) is 31.7 Å². The van der Waals surface area contributed by atoms with Crippen molar-refractivity contribution in [3.63, 3.8) is 0 Å². The molecule has 20 heavy (non-hydrogen) atoms. The zero-order valence-corrected chi connectivity index (χ0v) is 12.4. The molecule has 1 rings (SSSR count). The number of halogens is 3. The van der Waals surface area contributed by atoms with E-state index in [4.69, 9.17) is 4.74 Å². The van der Waals surface area contributed by atoms with Gasteiger partial charge in [-0.1, -0.05) is 0 Å². The molecule has 0 saturated heterocycles. The summed E-state index contributed by atoms with van der Waals surface area (Å²) in [4.78, 5) is 0. The van der Waals surface area contributed by atoms with E-state index in [1.165, 1.54) is 19.2 Å². The van der Waals surface area contributed by atoms with Gasteiger partial charge >= 0.3 is 6.18 Å². The first kappa shape index (κ1) is 16.7.